The molecule has 0 bridgehead atoms. The van der Waals surface area contributed by atoms with Crippen molar-refractivity contribution >= 4 is 29.3 Å². The molecule has 0 atom stereocenters. The first-order valence-electron chi connectivity index (χ1n) is 4.83. The first-order chi connectivity index (χ1) is 7.77. The van der Waals surface area contributed by atoms with Crippen LogP contribution >= 0.6 is 23.2 Å². The summed E-state index contributed by atoms with van der Waals surface area (Å²) in [6.07, 6.45) is 9.33. The summed E-state index contributed by atoms with van der Waals surface area (Å²) in [5.74, 6) is 0. The van der Waals surface area contributed by atoms with Crippen molar-refractivity contribution in [3.05, 3.63) is 58.6 Å². The molecule has 16 heavy (non-hydrogen) atoms. The molecule has 0 saturated heterocycles. The average Bonchev–Trinajstić information content (AvgIpc) is 2.75. The third kappa shape index (κ3) is 2.65. The van der Waals surface area contributed by atoms with Gasteiger partial charge in [-0.2, -0.15) is 0 Å². The van der Waals surface area contributed by atoms with E-state index in [4.69, 9.17) is 23.2 Å². The molecule has 0 N–H and O–H groups in total. The van der Waals surface area contributed by atoms with Crippen LogP contribution in [0, 0.1) is 0 Å². The lowest BCUT2D eigenvalue weighted by atomic mass is 10.2. The van der Waals surface area contributed by atoms with Gasteiger partial charge in [0.15, 0.2) is 0 Å². The Hall–Kier alpha value is -1.25. The summed E-state index contributed by atoms with van der Waals surface area (Å²) >= 11 is 12.1. The Morgan fingerprint density at radius 1 is 1.25 bits per heavy atom. The number of imidazole rings is 1. The van der Waals surface area contributed by atoms with Crippen molar-refractivity contribution in [2.45, 2.75) is 6.54 Å². The summed E-state index contributed by atoms with van der Waals surface area (Å²) in [7, 11) is 0. The highest BCUT2D eigenvalue weighted by Gasteiger charge is 2.00. The molecule has 0 aliphatic rings. The fourth-order valence-corrected chi connectivity index (χ4v) is 1.88. The second kappa shape index (κ2) is 5.19. The maximum atomic E-state index is 6.04. The van der Waals surface area contributed by atoms with E-state index < -0.39 is 0 Å². The lowest BCUT2D eigenvalue weighted by molar-refractivity contribution is 0.823. The monoisotopic (exact) mass is 252 g/mol. The van der Waals surface area contributed by atoms with Crippen molar-refractivity contribution in [1.82, 2.24) is 9.55 Å². The van der Waals surface area contributed by atoms with E-state index in [1.54, 1.807) is 12.5 Å². The van der Waals surface area contributed by atoms with Crippen molar-refractivity contribution < 1.29 is 0 Å². The van der Waals surface area contributed by atoms with Gasteiger partial charge in [-0.1, -0.05) is 41.4 Å². The zero-order valence-electron chi connectivity index (χ0n) is 8.48. The zero-order chi connectivity index (χ0) is 11.4. The van der Waals surface area contributed by atoms with Crippen LogP contribution < -0.4 is 0 Å². The fraction of sp³-hybridized carbons (Fsp3) is 0.0833. The van der Waals surface area contributed by atoms with Gasteiger partial charge in [-0.3, -0.25) is 0 Å². The van der Waals surface area contributed by atoms with Crippen LogP contribution in [0.4, 0.5) is 0 Å². The molecule has 1 aromatic heterocycles. The standard InChI is InChI=1S/C12H10Cl2N2/c13-11-4-1-5-12(14)10(11)3-2-7-16-8-6-15-9-16/h1-6,8-9H,7H2/b3-2+. The van der Waals surface area contributed by atoms with Gasteiger partial charge in [-0.05, 0) is 12.1 Å². The number of halogens is 2. The van der Waals surface area contributed by atoms with E-state index in [1.807, 2.05) is 41.1 Å². The minimum absolute atomic E-state index is 0.661. The van der Waals surface area contributed by atoms with Gasteiger partial charge >= 0.3 is 0 Å². The van der Waals surface area contributed by atoms with Gasteiger partial charge in [0, 0.05) is 34.5 Å². The highest BCUT2D eigenvalue weighted by atomic mass is 35.5. The van der Waals surface area contributed by atoms with Crippen LogP contribution in [0.1, 0.15) is 5.56 Å². The van der Waals surface area contributed by atoms with Gasteiger partial charge in [0.1, 0.15) is 0 Å². The topological polar surface area (TPSA) is 17.8 Å². The molecule has 82 valence electrons. The number of allylic oxidation sites excluding steroid dienone is 1. The minimum atomic E-state index is 0.661. The lowest BCUT2D eigenvalue weighted by Gasteiger charge is -2.01. The molecule has 0 spiro atoms. The molecule has 1 heterocycles. The highest BCUT2D eigenvalue weighted by Crippen LogP contribution is 2.25. The highest BCUT2D eigenvalue weighted by molar-refractivity contribution is 6.37. The van der Waals surface area contributed by atoms with E-state index in [2.05, 4.69) is 4.98 Å². The smallest absolute Gasteiger partial charge is 0.0948 e. The number of hydrogen-bond donors (Lipinski definition) is 0. The summed E-state index contributed by atoms with van der Waals surface area (Å²) in [5, 5.41) is 1.32. The predicted molar refractivity (Wildman–Crippen MR) is 67.7 cm³/mol. The Balaban J connectivity index is 2.12. The van der Waals surface area contributed by atoms with Crippen LogP contribution in [0.15, 0.2) is 43.0 Å². The van der Waals surface area contributed by atoms with E-state index in [-0.39, 0.29) is 0 Å². The van der Waals surface area contributed by atoms with Crippen LogP contribution in [0.3, 0.4) is 0 Å². The second-order valence-electron chi connectivity index (χ2n) is 3.30. The van der Waals surface area contributed by atoms with Gasteiger partial charge in [0.05, 0.1) is 6.33 Å². The third-order valence-corrected chi connectivity index (χ3v) is 2.82. The Morgan fingerprint density at radius 2 is 2.00 bits per heavy atom. The molecule has 2 nitrogen and oxygen atoms in total. The van der Waals surface area contributed by atoms with Crippen molar-refractivity contribution in [2.75, 3.05) is 0 Å². The first kappa shape index (κ1) is 11.2. The summed E-state index contributed by atoms with van der Waals surface area (Å²) < 4.78 is 1.96. The minimum Gasteiger partial charge on any atom is -0.334 e. The summed E-state index contributed by atoms with van der Waals surface area (Å²) in [6, 6.07) is 5.48. The molecule has 0 aliphatic carbocycles. The van der Waals surface area contributed by atoms with E-state index in [0.717, 1.165) is 12.1 Å². The van der Waals surface area contributed by atoms with E-state index >= 15 is 0 Å². The largest absolute Gasteiger partial charge is 0.334 e. The van der Waals surface area contributed by atoms with E-state index in [1.165, 1.54) is 0 Å². The molecule has 1 aromatic carbocycles. The van der Waals surface area contributed by atoms with Crippen LogP contribution in [0.5, 0.6) is 0 Å². The molecule has 0 amide bonds. The van der Waals surface area contributed by atoms with Crippen molar-refractivity contribution in [1.29, 1.82) is 0 Å². The van der Waals surface area contributed by atoms with Crippen LogP contribution in [-0.2, 0) is 6.54 Å². The fourth-order valence-electron chi connectivity index (χ4n) is 1.36. The van der Waals surface area contributed by atoms with Crippen molar-refractivity contribution in [3.63, 3.8) is 0 Å². The Labute approximate surface area is 104 Å². The lowest BCUT2D eigenvalue weighted by Crippen LogP contribution is -1.89. The van der Waals surface area contributed by atoms with Gasteiger partial charge in [-0.25, -0.2) is 4.98 Å². The average molecular weight is 253 g/mol. The molecular formula is C12H10Cl2N2. The van der Waals surface area contributed by atoms with Crippen molar-refractivity contribution in [3.8, 4) is 0 Å². The van der Waals surface area contributed by atoms with E-state index in [0.29, 0.717) is 10.0 Å². The molecule has 4 heteroatoms. The van der Waals surface area contributed by atoms with E-state index in [9.17, 15) is 0 Å². The molecular weight excluding hydrogens is 243 g/mol. The van der Waals surface area contributed by atoms with Crippen LogP contribution in [0.25, 0.3) is 6.08 Å². The molecule has 0 saturated carbocycles. The van der Waals surface area contributed by atoms with Crippen LogP contribution in [-0.4, -0.2) is 9.55 Å². The number of nitrogens with zero attached hydrogens (tertiary/aromatic N) is 2. The third-order valence-electron chi connectivity index (χ3n) is 2.16. The second-order valence-corrected chi connectivity index (χ2v) is 4.11. The maximum Gasteiger partial charge on any atom is 0.0948 e. The molecule has 0 aliphatic heterocycles. The Bertz CT molecular complexity index is 469. The zero-order valence-corrected chi connectivity index (χ0v) is 9.99. The SMILES string of the molecule is Clc1cccc(Cl)c1/C=C/Cn1ccnc1. The molecule has 0 fully saturated rings. The Morgan fingerprint density at radius 3 is 2.62 bits per heavy atom. The number of hydrogen-bond acceptors (Lipinski definition) is 1. The Kier molecular flexibility index (Phi) is 3.65. The van der Waals surface area contributed by atoms with Gasteiger partial charge in [0.2, 0.25) is 0 Å². The number of benzene rings is 1. The van der Waals surface area contributed by atoms with Gasteiger partial charge < -0.3 is 4.57 Å². The maximum absolute atomic E-state index is 6.04. The quantitative estimate of drug-likeness (QED) is 0.811. The molecule has 0 unspecified atom stereocenters. The molecule has 2 aromatic rings. The molecule has 2 rings (SSSR count). The summed E-state index contributed by atoms with van der Waals surface area (Å²) in [5.41, 5.74) is 0.853. The van der Waals surface area contributed by atoms with Crippen molar-refractivity contribution in [2.24, 2.45) is 0 Å². The van der Waals surface area contributed by atoms with Crippen LogP contribution in [0.2, 0.25) is 10.0 Å². The van der Waals surface area contributed by atoms with Gasteiger partial charge in [0.25, 0.3) is 0 Å². The normalized spacial score (nSPS) is 11.1. The summed E-state index contributed by atoms with van der Waals surface area (Å²) in [4.78, 5) is 3.96. The molecule has 0 radical (unpaired) electrons. The number of rotatable bonds is 3. The summed E-state index contributed by atoms with van der Waals surface area (Å²) in [6.45, 7) is 0.752. The van der Waals surface area contributed by atoms with Gasteiger partial charge in [-0.15, -0.1) is 0 Å². The predicted octanol–water partition coefficient (Wildman–Crippen LogP) is 3.90. The first-order valence-corrected chi connectivity index (χ1v) is 5.59. The number of aromatic nitrogens is 2.